The van der Waals surface area contributed by atoms with Crippen molar-refractivity contribution in [3.63, 3.8) is 0 Å². The number of carbonyl (C=O) groups is 3. The fraction of sp³-hybridized carbons (Fsp3) is 0.214. The Morgan fingerprint density at radius 2 is 1.84 bits per heavy atom. The van der Waals surface area contributed by atoms with Gasteiger partial charge in [0, 0.05) is 17.3 Å². The molecule has 0 heterocycles. The molecule has 5 nitrogen and oxygen atoms in total. The van der Waals surface area contributed by atoms with Crippen LogP contribution in [0.2, 0.25) is 0 Å². The van der Waals surface area contributed by atoms with E-state index < -0.39 is 11.9 Å². The molecule has 0 unspecified atom stereocenters. The van der Waals surface area contributed by atoms with Gasteiger partial charge in [-0.3, -0.25) is 9.59 Å². The van der Waals surface area contributed by atoms with Gasteiger partial charge in [-0.1, -0.05) is 6.08 Å². The predicted molar refractivity (Wildman–Crippen MR) is 70.8 cm³/mol. The summed E-state index contributed by atoms with van der Waals surface area (Å²) in [5.41, 5.74) is 1.11. The lowest BCUT2D eigenvalue weighted by Gasteiger charge is -2.05. The van der Waals surface area contributed by atoms with E-state index in [1.807, 2.05) is 0 Å². The predicted octanol–water partition coefficient (Wildman–Crippen LogP) is 1.95. The Balaban J connectivity index is 2.48. The van der Waals surface area contributed by atoms with Crippen LogP contribution in [0.25, 0.3) is 0 Å². The largest absolute Gasteiger partial charge is 0.452 e. The van der Waals surface area contributed by atoms with Crippen LogP contribution in [-0.4, -0.2) is 24.3 Å². The van der Waals surface area contributed by atoms with E-state index in [1.54, 1.807) is 31.2 Å². The van der Waals surface area contributed by atoms with E-state index in [0.717, 1.165) is 0 Å². The average molecular weight is 261 g/mol. The highest BCUT2D eigenvalue weighted by Crippen LogP contribution is 2.09. The number of hydrogen-bond acceptors (Lipinski definition) is 4. The average Bonchev–Trinajstić information content (AvgIpc) is 2.37. The Hall–Kier alpha value is -2.43. The zero-order valence-electron chi connectivity index (χ0n) is 10.8. The van der Waals surface area contributed by atoms with Gasteiger partial charge in [0.1, 0.15) is 0 Å². The number of ketones is 1. The number of ether oxygens (including phenoxy) is 1. The summed E-state index contributed by atoms with van der Waals surface area (Å²) in [6, 6.07) is 6.46. The number of esters is 1. The molecule has 0 atom stereocenters. The van der Waals surface area contributed by atoms with E-state index in [1.165, 1.54) is 19.1 Å². The van der Waals surface area contributed by atoms with Crippen LogP contribution in [0.1, 0.15) is 24.2 Å². The lowest BCUT2D eigenvalue weighted by atomic mass is 10.1. The van der Waals surface area contributed by atoms with Gasteiger partial charge in [0.2, 0.25) is 0 Å². The minimum atomic E-state index is -0.565. The third kappa shape index (κ3) is 5.16. The highest BCUT2D eigenvalue weighted by Gasteiger charge is 2.06. The molecular weight excluding hydrogens is 246 g/mol. The molecule has 0 radical (unpaired) electrons. The highest BCUT2D eigenvalue weighted by atomic mass is 16.5. The van der Waals surface area contributed by atoms with Crippen molar-refractivity contribution in [1.29, 1.82) is 0 Å². The molecule has 1 aromatic rings. The van der Waals surface area contributed by atoms with Crippen molar-refractivity contribution in [3.05, 3.63) is 42.0 Å². The molecule has 19 heavy (non-hydrogen) atoms. The van der Waals surface area contributed by atoms with Crippen molar-refractivity contribution in [2.24, 2.45) is 0 Å². The summed E-state index contributed by atoms with van der Waals surface area (Å²) in [6.07, 6.45) is 2.76. The third-order valence-corrected chi connectivity index (χ3v) is 2.22. The molecule has 0 aromatic heterocycles. The summed E-state index contributed by atoms with van der Waals surface area (Å²) < 4.78 is 4.69. The molecule has 5 heteroatoms. The van der Waals surface area contributed by atoms with Crippen molar-refractivity contribution in [3.8, 4) is 0 Å². The summed E-state index contributed by atoms with van der Waals surface area (Å²) in [5, 5.41) is 2.55. The van der Waals surface area contributed by atoms with Gasteiger partial charge in [-0.05, 0) is 38.1 Å². The van der Waals surface area contributed by atoms with Gasteiger partial charge >= 0.3 is 5.97 Å². The third-order valence-electron chi connectivity index (χ3n) is 2.22. The molecule has 100 valence electrons. The first-order chi connectivity index (χ1) is 9.02. The zero-order chi connectivity index (χ0) is 14.3. The molecule has 0 bridgehead atoms. The molecule has 1 N–H and O–H groups in total. The monoisotopic (exact) mass is 261 g/mol. The molecule has 0 fully saturated rings. The first-order valence-corrected chi connectivity index (χ1v) is 5.73. The van der Waals surface area contributed by atoms with Gasteiger partial charge in [0.15, 0.2) is 12.4 Å². The molecular formula is C14H15NO4. The van der Waals surface area contributed by atoms with Crippen LogP contribution in [0.3, 0.4) is 0 Å². The van der Waals surface area contributed by atoms with Crippen LogP contribution >= 0.6 is 0 Å². The Morgan fingerprint density at radius 1 is 1.21 bits per heavy atom. The fourth-order valence-electron chi connectivity index (χ4n) is 1.31. The number of allylic oxidation sites excluding steroid dienone is 1. The first kappa shape index (κ1) is 14.6. The second-order valence-electron chi connectivity index (χ2n) is 3.79. The molecule has 0 aliphatic carbocycles. The smallest absolute Gasteiger partial charge is 0.330 e. The molecule has 0 saturated carbocycles. The van der Waals surface area contributed by atoms with Crippen LogP contribution in [0, 0.1) is 0 Å². The van der Waals surface area contributed by atoms with Gasteiger partial charge in [-0.25, -0.2) is 4.79 Å². The number of carbonyl (C=O) groups excluding carboxylic acids is 3. The normalized spacial score (nSPS) is 10.2. The summed E-state index contributed by atoms with van der Waals surface area (Å²) in [5.74, 6) is -1.05. The number of rotatable bonds is 5. The molecule has 1 amide bonds. The van der Waals surface area contributed by atoms with Crippen LogP contribution in [0.4, 0.5) is 5.69 Å². The van der Waals surface area contributed by atoms with Crippen molar-refractivity contribution in [2.45, 2.75) is 13.8 Å². The molecule has 1 aromatic carbocycles. The summed E-state index contributed by atoms with van der Waals surface area (Å²) in [6.45, 7) is 2.80. The summed E-state index contributed by atoms with van der Waals surface area (Å²) >= 11 is 0. The lowest BCUT2D eigenvalue weighted by molar-refractivity contribution is -0.142. The minimum Gasteiger partial charge on any atom is -0.452 e. The molecule has 0 aliphatic rings. The SMILES string of the molecule is C/C=C/C(=O)OCC(=O)Nc1ccc(C(C)=O)cc1. The van der Waals surface area contributed by atoms with E-state index in [9.17, 15) is 14.4 Å². The van der Waals surface area contributed by atoms with Crippen LogP contribution in [0.15, 0.2) is 36.4 Å². The maximum Gasteiger partial charge on any atom is 0.330 e. The van der Waals surface area contributed by atoms with E-state index in [-0.39, 0.29) is 12.4 Å². The van der Waals surface area contributed by atoms with Crippen LogP contribution in [-0.2, 0) is 14.3 Å². The quantitative estimate of drug-likeness (QED) is 0.499. The molecule has 0 saturated heterocycles. The van der Waals surface area contributed by atoms with Gasteiger partial charge in [-0.15, -0.1) is 0 Å². The number of hydrogen-bond donors (Lipinski definition) is 1. The van der Waals surface area contributed by atoms with Crippen LogP contribution < -0.4 is 5.32 Å². The second kappa shape index (κ2) is 7.10. The highest BCUT2D eigenvalue weighted by molar-refractivity contribution is 5.96. The van der Waals surface area contributed by atoms with Crippen LogP contribution in [0.5, 0.6) is 0 Å². The first-order valence-electron chi connectivity index (χ1n) is 5.73. The lowest BCUT2D eigenvalue weighted by Crippen LogP contribution is -2.20. The standard InChI is InChI=1S/C14H15NO4/c1-3-4-14(18)19-9-13(17)15-12-7-5-11(6-8-12)10(2)16/h3-8H,9H2,1-2H3,(H,15,17)/b4-3+. The Kier molecular flexibility index (Phi) is 5.47. The van der Waals surface area contributed by atoms with E-state index in [4.69, 9.17) is 0 Å². The zero-order valence-corrected chi connectivity index (χ0v) is 10.8. The van der Waals surface area contributed by atoms with Crippen molar-refractivity contribution in [2.75, 3.05) is 11.9 Å². The number of benzene rings is 1. The summed E-state index contributed by atoms with van der Waals surface area (Å²) in [7, 11) is 0. The van der Waals surface area contributed by atoms with Gasteiger partial charge in [0.05, 0.1) is 0 Å². The van der Waals surface area contributed by atoms with Gasteiger partial charge in [-0.2, -0.15) is 0 Å². The topological polar surface area (TPSA) is 72.5 Å². The maximum absolute atomic E-state index is 11.5. The van der Waals surface area contributed by atoms with Crippen molar-refractivity contribution in [1.82, 2.24) is 0 Å². The Bertz CT molecular complexity index is 503. The fourth-order valence-corrected chi connectivity index (χ4v) is 1.31. The van der Waals surface area contributed by atoms with Crippen molar-refractivity contribution < 1.29 is 19.1 Å². The van der Waals surface area contributed by atoms with E-state index in [2.05, 4.69) is 10.1 Å². The Labute approximate surface area is 111 Å². The molecule has 1 rings (SSSR count). The summed E-state index contributed by atoms with van der Waals surface area (Å²) in [4.78, 5) is 33.5. The number of Topliss-reactive ketones (excluding diaryl/α,β-unsaturated/α-hetero) is 1. The van der Waals surface area contributed by atoms with Gasteiger partial charge in [0.25, 0.3) is 5.91 Å². The maximum atomic E-state index is 11.5. The van der Waals surface area contributed by atoms with E-state index >= 15 is 0 Å². The van der Waals surface area contributed by atoms with E-state index in [0.29, 0.717) is 11.3 Å². The number of nitrogens with one attached hydrogen (secondary N) is 1. The van der Waals surface area contributed by atoms with Crippen molar-refractivity contribution >= 4 is 23.3 Å². The minimum absolute atomic E-state index is 0.0434. The van der Waals surface area contributed by atoms with Gasteiger partial charge < -0.3 is 10.1 Å². The second-order valence-corrected chi connectivity index (χ2v) is 3.79. The number of anilines is 1. The molecule has 0 aliphatic heterocycles. The molecule has 0 spiro atoms. The Morgan fingerprint density at radius 3 is 2.37 bits per heavy atom. The number of amides is 1.